The van der Waals surface area contributed by atoms with Gasteiger partial charge in [-0.05, 0) is 18.8 Å². The summed E-state index contributed by atoms with van der Waals surface area (Å²) >= 11 is 1.30. The molecule has 0 saturated heterocycles. The van der Waals surface area contributed by atoms with Gasteiger partial charge in [-0.2, -0.15) is 0 Å². The molecule has 2 heterocycles. The average molecular weight is 394 g/mol. The maximum atomic E-state index is 12.6. The van der Waals surface area contributed by atoms with Gasteiger partial charge in [-0.15, -0.1) is 11.3 Å². The molecule has 148 valence electrons. The lowest BCUT2D eigenvalue weighted by Crippen LogP contribution is -2.32. The summed E-state index contributed by atoms with van der Waals surface area (Å²) < 4.78 is 10.3. The molecule has 2 atom stereocenters. The van der Waals surface area contributed by atoms with Crippen LogP contribution in [0.2, 0.25) is 0 Å². The number of carbonyl (C=O) groups is 2. The first kappa shape index (κ1) is 21.0. The number of nitrogens with zero attached hydrogens (tertiary/aromatic N) is 2. The van der Waals surface area contributed by atoms with Crippen molar-refractivity contribution >= 4 is 23.2 Å². The van der Waals surface area contributed by atoms with E-state index in [-0.39, 0.29) is 47.8 Å². The van der Waals surface area contributed by atoms with Crippen molar-refractivity contribution < 1.29 is 18.7 Å². The molecule has 2 rings (SSSR count). The molecule has 0 saturated carbocycles. The Morgan fingerprint density at radius 2 is 1.93 bits per heavy atom. The molecule has 8 nitrogen and oxygen atoms in total. The maximum Gasteiger partial charge on any atom is 0.357 e. The highest BCUT2D eigenvalue weighted by Gasteiger charge is 2.26. The van der Waals surface area contributed by atoms with Crippen LogP contribution < -0.4 is 11.1 Å². The average Bonchev–Trinajstić information content (AvgIpc) is 3.28. The lowest BCUT2D eigenvalue weighted by atomic mass is 10.0. The van der Waals surface area contributed by atoms with E-state index in [4.69, 9.17) is 14.9 Å². The Morgan fingerprint density at radius 1 is 1.22 bits per heavy atom. The van der Waals surface area contributed by atoms with E-state index in [9.17, 15) is 9.59 Å². The van der Waals surface area contributed by atoms with Crippen LogP contribution in [0.5, 0.6) is 0 Å². The summed E-state index contributed by atoms with van der Waals surface area (Å²) in [7, 11) is 0. The van der Waals surface area contributed by atoms with Gasteiger partial charge in [0.15, 0.2) is 11.4 Å². The summed E-state index contributed by atoms with van der Waals surface area (Å²) in [5.41, 5.74) is 6.41. The Balaban J connectivity index is 2.14. The van der Waals surface area contributed by atoms with Gasteiger partial charge in [-0.25, -0.2) is 14.8 Å². The smallest absolute Gasteiger partial charge is 0.357 e. The van der Waals surface area contributed by atoms with E-state index >= 15 is 0 Å². The van der Waals surface area contributed by atoms with Gasteiger partial charge >= 0.3 is 5.97 Å². The first-order chi connectivity index (χ1) is 12.7. The van der Waals surface area contributed by atoms with Gasteiger partial charge < -0.3 is 20.2 Å². The Hall–Kier alpha value is -2.26. The van der Waals surface area contributed by atoms with Crippen LogP contribution in [0, 0.1) is 11.8 Å². The van der Waals surface area contributed by atoms with Crippen molar-refractivity contribution in [2.24, 2.45) is 17.6 Å². The Bertz CT molecular complexity index is 784. The number of thiazole rings is 1. The van der Waals surface area contributed by atoms with Crippen LogP contribution in [-0.2, 0) is 4.74 Å². The van der Waals surface area contributed by atoms with Crippen molar-refractivity contribution in [1.29, 1.82) is 0 Å². The third kappa shape index (κ3) is 5.14. The van der Waals surface area contributed by atoms with Crippen LogP contribution in [0.3, 0.4) is 0 Å². The van der Waals surface area contributed by atoms with Gasteiger partial charge in [0.1, 0.15) is 11.3 Å². The fraction of sp³-hybridized carbons (Fsp3) is 0.556. The summed E-state index contributed by atoms with van der Waals surface area (Å²) in [6.45, 7) is 9.83. The number of oxazole rings is 1. The highest BCUT2D eigenvalue weighted by molar-refractivity contribution is 7.09. The molecule has 0 aromatic carbocycles. The van der Waals surface area contributed by atoms with E-state index < -0.39 is 5.97 Å². The minimum atomic E-state index is -0.474. The van der Waals surface area contributed by atoms with E-state index in [2.05, 4.69) is 15.3 Å². The molecule has 0 radical (unpaired) electrons. The summed E-state index contributed by atoms with van der Waals surface area (Å²) in [5, 5.41) is 5.17. The number of esters is 1. The molecule has 27 heavy (non-hydrogen) atoms. The predicted octanol–water partition coefficient (Wildman–Crippen LogP) is 3.09. The summed E-state index contributed by atoms with van der Waals surface area (Å²) in [5.74, 6) is -0.334. The second-order valence-corrected chi connectivity index (χ2v) is 7.72. The lowest BCUT2D eigenvalue weighted by molar-refractivity contribution is 0.0520. The second kappa shape index (κ2) is 9.09. The Labute approximate surface area is 162 Å². The molecule has 0 aliphatic carbocycles. The van der Waals surface area contributed by atoms with Gasteiger partial charge in [0.05, 0.1) is 18.7 Å². The quantitative estimate of drug-likeness (QED) is 0.660. The predicted molar refractivity (Wildman–Crippen MR) is 101 cm³/mol. The number of ether oxygens (including phenoxy) is 1. The Morgan fingerprint density at radius 3 is 2.52 bits per heavy atom. The van der Waals surface area contributed by atoms with Gasteiger partial charge in [-0.1, -0.05) is 27.7 Å². The zero-order valence-electron chi connectivity index (χ0n) is 16.2. The molecule has 3 N–H and O–H groups in total. The molecule has 2 aromatic heterocycles. The summed E-state index contributed by atoms with van der Waals surface area (Å²) in [6, 6.07) is -0.747. The van der Waals surface area contributed by atoms with Crippen molar-refractivity contribution in [3.8, 4) is 0 Å². The molecular weight excluding hydrogens is 368 g/mol. The molecular formula is C18H26N4O4S. The van der Waals surface area contributed by atoms with Crippen molar-refractivity contribution in [1.82, 2.24) is 15.3 Å². The van der Waals surface area contributed by atoms with Gasteiger partial charge in [0.2, 0.25) is 5.89 Å². The largest absolute Gasteiger partial charge is 0.461 e. The van der Waals surface area contributed by atoms with Crippen LogP contribution in [-0.4, -0.2) is 28.5 Å². The van der Waals surface area contributed by atoms with E-state index in [0.29, 0.717) is 10.9 Å². The van der Waals surface area contributed by atoms with Gasteiger partial charge in [0, 0.05) is 5.38 Å². The van der Waals surface area contributed by atoms with Crippen LogP contribution in [0.15, 0.2) is 16.1 Å². The fourth-order valence-electron chi connectivity index (χ4n) is 2.29. The van der Waals surface area contributed by atoms with Crippen molar-refractivity contribution in [3.05, 3.63) is 33.9 Å². The minimum absolute atomic E-state index is 0.0550. The molecule has 0 aliphatic rings. The number of hydrogen-bond acceptors (Lipinski definition) is 8. The third-order valence-corrected chi connectivity index (χ3v) is 4.91. The standard InChI is InChI=1S/C18H26N4O4S/c1-6-25-18(24)12-8-27-17(21-12)14(10(4)5)22-15(23)11-7-26-16(20-11)13(19)9(2)3/h7-10,13-14H,6,19H2,1-5H3,(H,22,23)/t13-,14-/m0/s1. The number of rotatable bonds is 8. The van der Waals surface area contributed by atoms with E-state index in [1.807, 2.05) is 27.7 Å². The molecule has 2 aromatic rings. The first-order valence-electron chi connectivity index (χ1n) is 8.89. The molecule has 1 amide bonds. The number of hydrogen-bond donors (Lipinski definition) is 2. The van der Waals surface area contributed by atoms with E-state index in [1.165, 1.54) is 17.6 Å². The zero-order chi connectivity index (χ0) is 20.1. The number of nitrogens with two attached hydrogens (primary N) is 1. The van der Waals surface area contributed by atoms with Gasteiger partial charge in [0.25, 0.3) is 5.91 Å². The van der Waals surface area contributed by atoms with Crippen LogP contribution >= 0.6 is 11.3 Å². The lowest BCUT2D eigenvalue weighted by Gasteiger charge is -2.19. The second-order valence-electron chi connectivity index (χ2n) is 6.83. The molecule has 0 unspecified atom stereocenters. The SMILES string of the molecule is CCOC(=O)c1csc([C@@H](NC(=O)c2coc([C@@H](N)C(C)C)n2)C(C)C)n1. The summed E-state index contributed by atoms with van der Waals surface area (Å²) in [6.07, 6.45) is 1.30. The monoisotopic (exact) mass is 394 g/mol. The van der Waals surface area contributed by atoms with Crippen molar-refractivity contribution in [2.45, 2.75) is 46.7 Å². The zero-order valence-corrected chi connectivity index (χ0v) is 17.0. The normalized spacial score (nSPS) is 13.6. The molecule has 0 fully saturated rings. The number of nitrogens with one attached hydrogen (secondary N) is 1. The first-order valence-corrected chi connectivity index (χ1v) is 9.76. The van der Waals surface area contributed by atoms with Crippen LogP contribution in [0.25, 0.3) is 0 Å². The fourth-order valence-corrected chi connectivity index (χ4v) is 3.30. The minimum Gasteiger partial charge on any atom is -0.461 e. The van der Waals surface area contributed by atoms with Gasteiger partial charge in [-0.3, -0.25) is 4.79 Å². The highest BCUT2D eigenvalue weighted by Crippen LogP contribution is 2.26. The molecule has 0 aliphatic heterocycles. The van der Waals surface area contributed by atoms with E-state index in [0.717, 1.165) is 0 Å². The Kier molecular flexibility index (Phi) is 7.09. The van der Waals surface area contributed by atoms with Crippen molar-refractivity contribution in [3.63, 3.8) is 0 Å². The van der Waals surface area contributed by atoms with Crippen molar-refractivity contribution in [2.75, 3.05) is 6.61 Å². The molecule has 0 bridgehead atoms. The maximum absolute atomic E-state index is 12.6. The number of aromatic nitrogens is 2. The van der Waals surface area contributed by atoms with Crippen LogP contribution in [0.1, 0.15) is 78.6 Å². The number of carbonyl (C=O) groups excluding carboxylic acids is 2. The topological polar surface area (TPSA) is 120 Å². The molecule has 9 heteroatoms. The molecule has 0 spiro atoms. The highest BCUT2D eigenvalue weighted by atomic mass is 32.1. The number of amides is 1. The van der Waals surface area contributed by atoms with Crippen LogP contribution in [0.4, 0.5) is 0 Å². The summed E-state index contributed by atoms with van der Waals surface area (Å²) in [4.78, 5) is 32.9. The van der Waals surface area contributed by atoms with E-state index in [1.54, 1.807) is 12.3 Å². The third-order valence-electron chi connectivity index (χ3n) is 3.98.